The highest BCUT2D eigenvalue weighted by Gasteiger charge is 2.10. The summed E-state index contributed by atoms with van der Waals surface area (Å²) in [5.41, 5.74) is 1.52. The molecule has 1 aromatic heterocycles. The van der Waals surface area contributed by atoms with Gasteiger partial charge in [0.1, 0.15) is 5.52 Å². The van der Waals surface area contributed by atoms with Crippen molar-refractivity contribution < 1.29 is 13.9 Å². The van der Waals surface area contributed by atoms with Crippen LogP contribution in [0.2, 0.25) is 5.35 Å². The van der Waals surface area contributed by atoms with Crippen molar-refractivity contribution >= 4 is 28.7 Å². The molecule has 0 spiro atoms. The Morgan fingerprint density at radius 1 is 1.60 bits per heavy atom. The molecule has 2 aromatic rings. The van der Waals surface area contributed by atoms with Crippen molar-refractivity contribution in [1.82, 2.24) is 4.98 Å². The summed E-state index contributed by atoms with van der Waals surface area (Å²) in [5, 5.41) is 0.0611. The summed E-state index contributed by atoms with van der Waals surface area (Å²) in [6.07, 6.45) is 0. The fourth-order valence-electron chi connectivity index (χ4n) is 1.24. The van der Waals surface area contributed by atoms with Gasteiger partial charge >= 0.3 is 5.97 Å². The number of carbonyl (C=O) groups excluding carboxylic acids is 1. The number of benzene rings is 1. The number of aromatic nitrogens is 1. The molecule has 0 bridgehead atoms. The SMILES string of the molecule is CCOC(=O)c1ccc2nc(Cl)oc2c1. The van der Waals surface area contributed by atoms with Crippen LogP contribution in [-0.4, -0.2) is 17.6 Å². The molecule has 0 saturated carbocycles. The number of esters is 1. The Kier molecular flexibility index (Phi) is 2.60. The molecular weight excluding hydrogens is 218 g/mol. The number of rotatable bonds is 2. The zero-order chi connectivity index (χ0) is 10.8. The van der Waals surface area contributed by atoms with Gasteiger partial charge in [0, 0.05) is 0 Å². The molecule has 0 amide bonds. The molecule has 0 N–H and O–H groups in total. The maximum Gasteiger partial charge on any atom is 0.338 e. The van der Waals surface area contributed by atoms with E-state index in [1.54, 1.807) is 25.1 Å². The van der Waals surface area contributed by atoms with E-state index in [-0.39, 0.29) is 11.3 Å². The summed E-state index contributed by atoms with van der Waals surface area (Å²) < 4.78 is 9.93. The van der Waals surface area contributed by atoms with Gasteiger partial charge in [-0.1, -0.05) is 0 Å². The van der Waals surface area contributed by atoms with Gasteiger partial charge < -0.3 is 9.15 Å². The van der Waals surface area contributed by atoms with Crippen LogP contribution in [-0.2, 0) is 4.74 Å². The van der Waals surface area contributed by atoms with Crippen molar-refractivity contribution in [1.29, 1.82) is 0 Å². The Morgan fingerprint density at radius 2 is 2.40 bits per heavy atom. The van der Waals surface area contributed by atoms with Gasteiger partial charge in [-0.15, -0.1) is 0 Å². The van der Waals surface area contributed by atoms with E-state index in [0.717, 1.165) is 0 Å². The third-order valence-corrected chi connectivity index (χ3v) is 2.04. The van der Waals surface area contributed by atoms with Gasteiger partial charge in [0.05, 0.1) is 12.2 Å². The number of hydrogen-bond donors (Lipinski definition) is 0. The first kappa shape index (κ1) is 9.98. The second-order valence-electron chi connectivity index (χ2n) is 2.87. The molecule has 1 heterocycles. The number of halogens is 1. The largest absolute Gasteiger partial charge is 0.462 e. The van der Waals surface area contributed by atoms with Crippen LogP contribution < -0.4 is 0 Å². The van der Waals surface area contributed by atoms with Gasteiger partial charge in [-0.2, -0.15) is 4.98 Å². The Morgan fingerprint density at radius 3 is 3.13 bits per heavy atom. The van der Waals surface area contributed by atoms with E-state index in [9.17, 15) is 4.79 Å². The van der Waals surface area contributed by atoms with Crippen LogP contribution >= 0.6 is 11.6 Å². The van der Waals surface area contributed by atoms with Crippen molar-refractivity contribution in [3.8, 4) is 0 Å². The van der Waals surface area contributed by atoms with Gasteiger partial charge in [0.25, 0.3) is 5.35 Å². The predicted molar refractivity (Wildman–Crippen MR) is 55.0 cm³/mol. The minimum absolute atomic E-state index is 0.0611. The lowest BCUT2D eigenvalue weighted by molar-refractivity contribution is 0.0526. The lowest BCUT2D eigenvalue weighted by atomic mass is 10.2. The fourth-order valence-corrected chi connectivity index (χ4v) is 1.41. The molecule has 78 valence electrons. The number of carbonyl (C=O) groups is 1. The maximum atomic E-state index is 11.4. The zero-order valence-corrected chi connectivity index (χ0v) is 8.75. The summed E-state index contributed by atoms with van der Waals surface area (Å²) in [7, 11) is 0. The van der Waals surface area contributed by atoms with Crippen LogP contribution in [0, 0.1) is 0 Å². The van der Waals surface area contributed by atoms with Crippen molar-refractivity contribution in [3.05, 3.63) is 29.1 Å². The van der Waals surface area contributed by atoms with Crippen molar-refractivity contribution in [3.63, 3.8) is 0 Å². The summed E-state index contributed by atoms with van der Waals surface area (Å²) in [5.74, 6) is -0.382. The minimum atomic E-state index is -0.382. The molecule has 0 aliphatic heterocycles. The molecule has 15 heavy (non-hydrogen) atoms. The van der Waals surface area contributed by atoms with Crippen LogP contribution in [0.1, 0.15) is 17.3 Å². The Hall–Kier alpha value is -1.55. The third-order valence-electron chi connectivity index (χ3n) is 1.87. The molecule has 0 saturated heterocycles. The second kappa shape index (κ2) is 3.90. The number of oxazole rings is 1. The van der Waals surface area contributed by atoms with Gasteiger partial charge in [0.2, 0.25) is 0 Å². The maximum absolute atomic E-state index is 11.4. The van der Waals surface area contributed by atoms with E-state index in [0.29, 0.717) is 23.3 Å². The molecule has 2 rings (SSSR count). The van der Waals surface area contributed by atoms with E-state index in [1.165, 1.54) is 0 Å². The first-order valence-electron chi connectivity index (χ1n) is 4.44. The van der Waals surface area contributed by atoms with Gasteiger partial charge in [0.15, 0.2) is 5.58 Å². The monoisotopic (exact) mass is 225 g/mol. The molecule has 0 aliphatic carbocycles. The molecular formula is C10H8ClNO3. The van der Waals surface area contributed by atoms with Crippen molar-refractivity contribution in [2.24, 2.45) is 0 Å². The van der Waals surface area contributed by atoms with Crippen molar-refractivity contribution in [2.75, 3.05) is 6.61 Å². The molecule has 0 aliphatic rings. The first-order chi connectivity index (χ1) is 7.20. The topological polar surface area (TPSA) is 52.3 Å². The minimum Gasteiger partial charge on any atom is -0.462 e. The van der Waals surface area contributed by atoms with E-state index >= 15 is 0 Å². The van der Waals surface area contributed by atoms with Gasteiger partial charge in [-0.3, -0.25) is 0 Å². The molecule has 1 aromatic carbocycles. The molecule has 0 atom stereocenters. The summed E-state index contributed by atoms with van der Waals surface area (Å²) >= 11 is 5.58. The standard InChI is InChI=1S/C10H8ClNO3/c1-2-14-9(13)6-3-4-7-8(5-6)15-10(11)12-7/h3-5H,2H2,1H3. The third kappa shape index (κ3) is 1.94. The summed E-state index contributed by atoms with van der Waals surface area (Å²) in [4.78, 5) is 15.3. The zero-order valence-electron chi connectivity index (χ0n) is 7.99. The Balaban J connectivity index is 2.41. The summed E-state index contributed by atoms with van der Waals surface area (Å²) in [6.45, 7) is 2.09. The molecule has 0 unspecified atom stereocenters. The van der Waals surface area contributed by atoms with E-state index in [4.69, 9.17) is 20.8 Å². The Labute approximate surface area is 90.8 Å². The molecule has 0 fully saturated rings. The van der Waals surface area contributed by atoms with Crippen LogP contribution in [0.3, 0.4) is 0 Å². The van der Waals surface area contributed by atoms with Crippen LogP contribution in [0.4, 0.5) is 0 Å². The first-order valence-corrected chi connectivity index (χ1v) is 4.81. The summed E-state index contributed by atoms with van der Waals surface area (Å²) in [6, 6.07) is 4.85. The number of nitrogens with zero attached hydrogens (tertiary/aromatic N) is 1. The van der Waals surface area contributed by atoms with Crippen LogP contribution in [0.25, 0.3) is 11.1 Å². The number of hydrogen-bond acceptors (Lipinski definition) is 4. The van der Waals surface area contributed by atoms with Crippen LogP contribution in [0.15, 0.2) is 22.6 Å². The lowest BCUT2D eigenvalue weighted by Crippen LogP contribution is -2.03. The highest BCUT2D eigenvalue weighted by molar-refractivity contribution is 6.28. The van der Waals surface area contributed by atoms with E-state index in [2.05, 4.69) is 4.98 Å². The average molecular weight is 226 g/mol. The molecule has 5 heteroatoms. The molecule has 0 radical (unpaired) electrons. The van der Waals surface area contributed by atoms with E-state index < -0.39 is 0 Å². The predicted octanol–water partition coefficient (Wildman–Crippen LogP) is 2.66. The number of fused-ring (bicyclic) bond motifs is 1. The number of ether oxygens (including phenoxy) is 1. The highest BCUT2D eigenvalue weighted by atomic mass is 35.5. The van der Waals surface area contributed by atoms with Gasteiger partial charge in [-0.25, -0.2) is 4.79 Å². The van der Waals surface area contributed by atoms with Gasteiger partial charge in [-0.05, 0) is 36.7 Å². The quantitative estimate of drug-likeness (QED) is 0.738. The smallest absolute Gasteiger partial charge is 0.338 e. The van der Waals surface area contributed by atoms with E-state index in [1.807, 2.05) is 0 Å². The fraction of sp³-hybridized carbons (Fsp3) is 0.200. The highest BCUT2D eigenvalue weighted by Crippen LogP contribution is 2.20. The Bertz CT molecular complexity index is 506. The molecule has 4 nitrogen and oxygen atoms in total. The second-order valence-corrected chi connectivity index (χ2v) is 3.19. The average Bonchev–Trinajstić information content (AvgIpc) is 2.57. The van der Waals surface area contributed by atoms with Crippen molar-refractivity contribution in [2.45, 2.75) is 6.92 Å². The lowest BCUT2D eigenvalue weighted by Gasteiger charge is -1.99. The van der Waals surface area contributed by atoms with Crippen LogP contribution in [0.5, 0.6) is 0 Å². The normalized spacial score (nSPS) is 10.5.